The van der Waals surface area contributed by atoms with Gasteiger partial charge in [-0.3, -0.25) is 4.40 Å². The fraction of sp³-hybridized carbons (Fsp3) is 0. The Labute approximate surface area is 142 Å². The van der Waals surface area contributed by atoms with Crippen molar-refractivity contribution in [2.75, 3.05) is 0 Å². The number of pyridine rings is 1. The Balaban J connectivity index is 2.09. The molecule has 0 bridgehead atoms. The SMILES string of the molecule is Ic1ccccc1-c1nc2ccccn2c1-c1ccccc1. The highest BCUT2D eigenvalue weighted by Crippen LogP contribution is 2.34. The van der Waals surface area contributed by atoms with Crippen LogP contribution in [0.15, 0.2) is 79.0 Å². The summed E-state index contributed by atoms with van der Waals surface area (Å²) in [6.45, 7) is 0. The molecule has 4 aromatic rings. The van der Waals surface area contributed by atoms with Crippen LogP contribution < -0.4 is 0 Å². The molecule has 0 unspecified atom stereocenters. The van der Waals surface area contributed by atoms with Crippen LogP contribution in [0.5, 0.6) is 0 Å². The number of halogens is 1. The van der Waals surface area contributed by atoms with Gasteiger partial charge in [-0.1, -0.05) is 54.6 Å². The molecule has 0 spiro atoms. The molecule has 0 aliphatic carbocycles. The summed E-state index contributed by atoms with van der Waals surface area (Å²) in [4.78, 5) is 4.88. The van der Waals surface area contributed by atoms with Crippen LogP contribution in [0.2, 0.25) is 0 Å². The zero-order chi connectivity index (χ0) is 14.9. The number of benzene rings is 2. The van der Waals surface area contributed by atoms with Gasteiger partial charge in [0.25, 0.3) is 0 Å². The number of hydrogen-bond donors (Lipinski definition) is 0. The van der Waals surface area contributed by atoms with E-state index in [2.05, 4.69) is 81.7 Å². The Morgan fingerprint density at radius 2 is 1.50 bits per heavy atom. The first-order valence-electron chi connectivity index (χ1n) is 7.12. The molecule has 0 saturated carbocycles. The molecular weight excluding hydrogens is 383 g/mol. The van der Waals surface area contributed by atoms with Gasteiger partial charge in [0, 0.05) is 20.9 Å². The van der Waals surface area contributed by atoms with Gasteiger partial charge in [-0.05, 0) is 40.8 Å². The van der Waals surface area contributed by atoms with Gasteiger partial charge in [0.05, 0.1) is 11.4 Å². The number of rotatable bonds is 2. The van der Waals surface area contributed by atoms with Crippen LogP contribution in [0.4, 0.5) is 0 Å². The van der Waals surface area contributed by atoms with Gasteiger partial charge in [-0.15, -0.1) is 0 Å². The molecule has 2 nitrogen and oxygen atoms in total. The third-order valence-corrected chi connectivity index (χ3v) is 4.65. The van der Waals surface area contributed by atoms with Crippen molar-refractivity contribution in [1.82, 2.24) is 9.38 Å². The fourth-order valence-electron chi connectivity index (χ4n) is 2.71. The van der Waals surface area contributed by atoms with Gasteiger partial charge >= 0.3 is 0 Å². The molecule has 0 atom stereocenters. The van der Waals surface area contributed by atoms with Gasteiger partial charge in [-0.2, -0.15) is 0 Å². The van der Waals surface area contributed by atoms with Gasteiger partial charge in [-0.25, -0.2) is 4.98 Å². The van der Waals surface area contributed by atoms with Crippen LogP contribution in [0.3, 0.4) is 0 Å². The number of imidazole rings is 1. The van der Waals surface area contributed by atoms with Crippen molar-refractivity contribution in [1.29, 1.82) is 0 Å². The first kappa shape index (κ1) is 13.5. The van der Waals surface area contributed by atoms with Gasteiger partial charge in [0.1, 0.15) is 5.65 Å². The predicted octanol–water partition coefficient (Wildman–Crippen LogP) is 5.27. The molecule has 0 aliphatic heterocycles. The summed E-state index contributed by atoms with van der Waals surface area (Å²) in [5.74, 6) is 0. The number of fused-ring (bicyclic) bond motifs is 1. The molecule has 2 aromatic carbocycles. The minimum absolute atomic E-state index is 0.969. The summed E-state index contributed by atoms with van der Waals surface area (Å²) < 4.78 is 3.37. The topological polar surface area (TPSA) is 17.3 Å². The minimum atomic E-state index is 0.969. The standard InChI is InChI=1S/C19H13IN2/c20-16-11-5-4-10-15(16)18-19(14-8-2-1-3-9-14)22-13-7-6-12-17(22)21-18/h1-13H. The maximum atomic E-state index is 4.88. The van der Waals surface area contributed by atoms with E-state index >= 15 is 0 Å². The van der Waals surface area contributed by atoms with E-state index in [0.717, 1.165) is 17.0 Å². The minimum Gasteiger partial charge on any atom is -0.299 e. The average molecular weight is 396 g/mol. The number of hydrogen-bond acceptors (Lipinski definition) is 1. The van der Waals surface area contributed by atoms with Crippen molar-refractivity contribution < 1.29 is 0 Å². The Morgan fingerprint density at radius 1 is 0.773 bits per heavy atom. The molecule has 22 heavy (non-hydrogen) atoms. The van der Waals surface area contributed by atoms with E-state index in [9.17, 15) is 0 Å². The van der Waals surface area contributed by atoms with Crippen molar-refractivity contribution in [3.8, 4) is 22.5 Å². The average Bonchev–Trinajstić information content (AvgIpc) is 2.95. The highest BCUT2D eigenvalue weighted by molar-refractivity contribution is 14.1. The number of aromatic nitrogens is 2. The van der Waals surface area contributed by atoms with Crippen LogP contribution in [-0.4, -0.2) is 9.38 Å². The van der Waals surface area contributed by atoms with Crippen molar-refractivity contribution in [3.05, 3.63) is 82.6 Å². The van der Waals surface area contributed by atoms with E-state index in [1.165, 1.54) is 14.7 Å². The van der Waals surface area contributed by atoms with Crippen molar-refractivity contribution in [3.63, 3.8) is 0 Å². The van der Waals surface area contributed by atoms with E-state index < -0.39 is 0 Å². The van der Waals surface area contributed by atoms with Gasteiger partial charge in [0.15, 0.2) is 0 Å². The molecular formula is C19H13IN2. The molecule has 0 amide bonds. The molecule has 0 aliphatic rings. The first-order chi connectivity index (χ1) is 10.8. The Hall–Kier alpha value is -2.14. The van der Waals surface area contributed by atoms with Crippen molar-refractivity contribution >= 4 is 28.2 Å². The van der Waals surface area contributed by atoms with E-state index in [0.29, 0.717) is 0 Å². The summed E-state index contributed by atoms with van der Waals surface area (Å²) >= 11 is 2.38. The fourth-order valence-corrected chi connectivity index (χ4v) is 3.35. The maximum absolute atomic E-state index is 4.88. The molecule has 0 saturated heterocycles. The molecule has 4 rings (SSSR count). The molecule has 3 heteroatoms. The zero-order valence-corrected chi connectivity index (χ0v) is 13.9. The van der Waals surface area contributed by atoms with Gasteiger partial charge in [0.2, 0.25) is 0 Å². The highest BCUT2D eigenvalue weighted by atomic mass is 127. The summed E-state index contributed by atoms with van der Waals surface area (Å²) in [5, 5.41) is 0. The van der Waals surface area contributed by atoms with Crippen LogP contribution in [-0.2, 0) is 0 Å². The lowest BCUT2D eigenvalue weighted by Gasteiger charge is -2.07. The molecule has 2 aromatic heterocycles. The van der Waals surface area contributed by atoms with Crippen LogP contribution in [0, 0.1) is 3.57 Å². The third-order valence-electron chi connectivity index (χ3n) is 3.71. The second-order valence-corrected chi connectivity index (χ2v) is 6.25. The zero-order valence-electron chi connectivity index (χ0n) is 11.8. The smallest absolute Gasteiger partial charge is 0.137 e. The maximum Gasteiger partial charge on any atom is 0.137 e. The van der Waals surface area contributed by atoms with E-state index in [1.807, 2.05) is 24.3 Å². The summed E-state index contributed by atoms with van der Waals surface area (Å²) in [5.41, 5.74) is 5.49. The molecule has 0 radical (unpaired) electrons. The van der Waals surface area contributed by atoms with E-state index in [-0.39, 0.29) is 0 Å². The lowest BCUT2D eigenvalue weighted by Crippen LogP contribution is -1.90. The molecule has 106 valence electrons. The largest absolute Gasteiger partial charge is 0.299 e. The highest BCUT2D eigenvalue weighted by Gasteiger charge is 2.16. The van der Waals surface area contributed by atoms with Crippen LogP contribution >= 0.6 is 22.6 Å². The Morgan fingerprint density at radius 3 is 2.32 bits per heavy atom. The molecule has 0 N–H and O–H groups in total. The monoisotopic (exact) mass is 396 g/mol. The van der Waals surface area contributed by atoms with Crippen LogP contribution in [0.1, 0.15) is 0 Å². The third kappa shape index (κ3) is 2.22. The second-order valence-electron chi connectivity index (χ2n) is 5.08. The lowest BCUT2D eigenvalue weighted by molar-refractivity contribution is 1.19. The predicted molar refractivity (Wildman–Crippen MR) is 98.8 cm³/mol. The van der Waals surface area contributed by atoms with E-state index in [1.54, 1.807) is 0 Å². The first-order valence-corrected chi connectivity index (χ1v) is 8.20. The normalized spacial score (nSPS) is 11.0. The van der Waals surface area contributed by atoms with Crippen LogP contribution in [0.25, 0.3) is 28.2 Å². The summed E-state index contributed by atoms with van der Waals surface area (Å²) in [6.07, 6.45) is 2.07. The number of nitrogens with zero attached hydrogens (tertiary/aromatic N) is 2. The summed E-state index contributed by atoms with van der Waals surface area (Å²) in [7, 11) is 0. The quantitative estimate of drug-likeness (QED) is 0.422. The Kier molecular flexibility index (Phi) is 3.42. The van der Waals surface area contributed by atoms with E-state index in [4.69, 9.17) is 4.98 Å². The molecule has 0 fully saturated rings. The van der Waals surface area contributed by atoms with Crippen molar-refractivity contribution in [2.24, 2.45) is 0 Å². The Bertz CT molecular complexity index is 942. The van der Waals surface area contributed by atoms with Gasteiger partial charge < -0.3 is 0 Å². The molecule has 2 heterocycles. The van der Waals surface area contributed by atoms with Crippen molar-refractivity contribution in [2.45, 2.75) is 0 Å². The summed E-state index contributed by atoms with van der Waals surface area (Å²) in [6, 6.07) is 24.9. The second kappa shape index (κ2) is 5.57. The lowest BCUT2D eigenvalue weighted by atomic mass is 10.1.